The van der Waals surface area contributed by atoms with E-state index in [-0.39, 0.29) is 11.5 Å². The predicted octanol–water partition coefficient (Wildman–Crippen LogP) is 2.01. The zero-order valence-corrected chi connectivity index (χ0v) is 6.21. The second-order valence-corrected chi connectivity index (χ2v) is 2.65. The lowest BCUT2D eigenvalue weighted by molar-refractivity contribution is -0.588. The first-order valence-electron chi connectivity index (χ1n) is 2.93. The van der Waals surface area contributed by atoms with Crippen LogP contribution in [0.15, 0.2) is 23.3 Å². The molecule has 0 aliphatic heterocycles. The molecule has 1 aliphatic carbocycles. The van der Waals surface area contributed by atoms with Crippen LogP contribution in [0, 0.1) is 10.1 Å². The van der Waals surface area contributed by atoms with E-state index in [4.69, 9.17) is 11.6 Å². The highest BCUT2D eigenvalue weighted by molar-refractivity contribution is 6.31. The molecule has 1 aliphatic rings. The Kier molecular flexibility index (Phi) is 1.95. The lowest BCUT2D eigenvalue weighted by Crippen LogP contribution is -2.31. The van der Waals surface area contributed by atoms with Crippen LogP contribution in [0.3, 0.4) is 0 Å². The first-order chi connectivity index (χ1) is 5.04. The van der Waals surface area contributed by atoms with Crippen molar-refractivity contribution in [1.29, 1.82) is 0 Å². The van der Waals surface area contributed by atoms with Gasteiger partial charge in [0.2, 0.25) is 0 Å². The van der Waals surface area contributed by atoms with Crippen molar-refractivity contribution < 1.29 is 9.31 Å². The second kappa shape index (κ2) is 2.62. The third-order valence-electron chi connectivity index (χ3n) is 1.34. The van der Waals surface area contributed by atoms with Crippen molar-refractivity contribution in [1.82, 2.24) is 0 Å². The topological polar surface area (TPSA) is 43.1 Å². The van der Waals surface area contributed by atoms with Gasteiger partial charge in [0, 0.05) is 11.1 Å². The van der Waals surface area contributed by atoms with Crippen molar-refractivity contribution >= 4 is 11.6 Å². The number of nitrogens with zero attached hydrogens (tertiary/aromatic N) is 1. The number of hydrogen-bond acceptors (Lipinski definition) is 2. The van der Waals surface area contributed by atoms with Crippen LogP contribution < -0.4 is 0 Å². The minimum Gasteiger partial charge on any atom is -0.261 e. The maximum atomic E-state index is 13.0. The van der Waals surface area contributed by atoms with Crippen LogP contribution in [0.25, 0.3) is 0 Å². The van der Waals surface area contributed by atoms with Crippen molar-refractivity contribution in [3.63, 3.8) is 0 Å². The van der Waals surface area contributed by atoms with Gasteiger partial charge in [0.15, 0.2) is 0 Å². The lowest BCUT2D eigenvalue weighted by Gasteiger charge is -2.13. The summed E-state index contributed by atoms with van der Waals surface area (Å²) in [6, 6.07) is 0. The van der Waals surface area contributed by atoms with Gasteiger partial charge in [-0.25, -0.2) is 0 Å². The third kappa shape index (κ3) is 1.57. The molecule has 0 heterocycles. The number of hydrogen-bond donors (Lipinski definition) is 0. The molecule has 0 aromatic rings. The number of allylic oxidation sites excluding steroid dienone is 2. The molecule has 0 N–H and O–H groups in total. The molecule has 0 saturated heterocycles. The van der Waals surface area contributed by atoms with Gasteiger partial charge in [0.25, 0.3) is 0 Å². The molecule has 0 spiro atoms. The molecule has 0 radical (unpaired) electrons. The van der Waals surface area contributed by atoms with Crippen LogP contribution in [-0.4, -0.2) is 10.7 Å². The van der Waals surface area contributed by atoms with Crippen molar-refractivity contribution in [2.45, 2.75) is 12.2 Å². The highest BCUT2D eigenvalue weighted by Gasteiger charge is 2.40. The molecule has 0 saturated carbocycles. The van der Waals surface area contributed by atoms with E-state index in [1.807, 2.05) is 0 Å². The largest absolute Gasteiger partial charge is 0.383 e. The molecule has 0 bridgehead atoms. The van der Waals surface area contributed by atoms with Crippen LogP contribution in [0.5, 0.6) is 0 Å². The van der Waals surface area contributed by atoms with E-state index < -0.39 is 10.7 Å². The van der Waals surface area contributed by atoms with Gasteiger partial charge in [-0.2, -0.15) is 4.39 Å². The summed E-state index contributed by atoms with van der Waals surface area (Å²) >= 11 is 5.37. The van der Waals surface area contributed by atoms with Gasteiger partial charge in [-0.3, -0.25) is 10.1 Å². The fourth-order valence-electron chi connectivity index (χ4n) is 0.782. The van der Waals surface area contributed by atoms with E-state index in [1.165, 1.54) is 12.2 Å². The third-order valence-corrected chi connectivity index (χ3v) is 1.58. The van der Waals surface area contributed by atoms with Crippen molar-refractivity contribution in [3.05, 3.63) is 33.4 Å². The van der Waals surface area contributed by atoms with Crippen LogP contribution in [0.2, 0.25) is 0 Å². The molecule has 1 atom stereocenters. The Morgan fingerprint density at radius 3 is 2.82 bits per heavy atom. The molecule has 0 fully saturated rings. The maximum Gasteiger partial charge on any atom is 0.383 e. The number of rotatable bonds is 1. The summed E-state index contributed by atoms with van der Waals surface area (Å²) in [5.41, 5.74) is 0. The first kappa shape index (κ1) is 8.20. The summed E-state index contributed by atoms with van der Waals surface area (Å²) in [5, 5.41) is 10.2. The minimum absolute atomic E-state index is 0.0652. The molecule has 0 amide bonds. The van der Waals surface area contributed by atoms with E-state index in [2.05, 4.69) is 0 Å². The van der Waals surface area contributed by atoms with E-state index >= 15 is 0 Å². The van der Waals surface area contributed by atoms with Crippen molar-refractivity contribution in [2.24, 2.45) is 0 Å². The molecule has 1 unspecified atom stereocenters. The Labute approximate surface area is 67.3 Å². The van der Waals surface area contributed by atoms with E-state index in [0.29, 0.717) is 0 Å². The number of nitro groups is 1. The van der Waals surface area contributed by atoms with Crippen LogP contribution in [0.1, 0.15) is 6.42 Å². The van der Waals surface area contributed by atoms with Gasteiger partial charge >= 0.3 is 5.79 Å². The molecule has 0 aromatic heterocycles. The Balaban J connectivity index is 2.92. The summed E-state index contributed by atoms with van der Waals surface area (Å²) in [4.78, 5) is 9.13. The fraction of sp³-hybridized carbons (Fsp3) is 0.333. The van der Waals surface area contributed by atoms with Crippen molar-refractivity contribution in [2.75, 3.05) is 0 Å². The summed E-state index contributed by atoms with van der Waals surface area (Å²) in [5.74, 6) is -2.51. The maximum absolute atomic E-state index is 13.0. The SMILES string of the molecule is O=[N+]([O-])C1(F)C=C(Cl)C=CC1. The van der Waals surface area contributed by atoms with Crippen LogP contribution in [0.4, 0.5) is 4.39 Å². The van der Waals surface area contributed by atoms with Gasteiger partial charge in [-0.15, -0.1) is 0 Å². The zero-order valence-electron chi connectivity index (χ0n) is 5.46. The summed E-state index contributed by atoms with van der Waals surface area (Å²) in [6.45, 7) is 0. The molecule has 11 heavy (non-hydrogen) atoms. The van der Waals surface area contributed by atoms with E-state index in [1.54, 1.807) is 0 Å². The van der Waals surface area contributed by atoms with Crippen LogP contribution >= 0.6 is 11.6 Å². The summed E-state index contributed by atoms with van der Waals surface area (Å²) < 4.78 is 13.0. The molecule has 60 valence electrons. The number of halogens is 2. The normalized spacial score (nSPS) is 29.8. The average Bonchev–Trinajstić information content (AvgIpc) is 1.86. The Bertz CT molecular complexity index is 251. The van der Waals surface area contributed by atoms with Crippen LogP contribution in [-0.2, 0) is 0 Å². The summed E-state index contributed by atoms with van der Waals surface area (Å²) in [7, 11) is 0. The lowest BCUT2D eigenvalue weighted by atomic mass is 10.1. The number of alkyl halides is 1. The van der Waals surface area contributed by atoms with E-state index in [9.17, 15) is 14.5 Å². The smallest absolute Gasteiger partial charge is 0.261 e. The summed E-state index contributed by atoms with van der Waals surface area (Å²) in [6.07, 6.45) is 3.32. The zero-order chi connectivity index (χ0) is 8.48. The Morgan fingerprint density at radius 1 is 1.82 bits per heavy atom. The highest BCUT2D eigenvalue weighted by atomic mass is 35.5. The quantitative estimate of drug-likeness (QED) is 0.349. The average molecular weight is 178 g/mol. The van der Waals surface area contributed by atoms with Crippen molar-refractivity contribution in [3.8, 4) is 0 Å². The molecule has 5 heteroatoms. The monoisotopic (exact) mass is 177 g/mol. The van der Waals surface area contributed by atoms with Gasteiger partial charge in [-0.1, -0.05) is 17.7 Å². The predicted molar refractivity (Wildman–Crippen MR) is 38.5 cm³/mol. The van der Waals surface area contributed by atoms with Gasteiger partial charge < -0.3 is 0 Å². The Morgan fingerprint density at radius 2 is 2.45 bits per heavy atom. The Hall–Kier alpha value is -0.900. The first-order valence-corrected chi connectivity index (χ1v) is 3.31. The molecule has 1 rings (SSSR count). The highest BCUT2D eigenvalue weighted by Crippen LogP contribution is 2.27. The fourth-order valence-corrected chi connectivity index (χ4v) is 1.04. The van der Waals surface area contributed by atoms with Gasteiger partial charge in [-0.05, 0) is 6.08 Å². The molecular formula is C6H5ClFNO2. The molecular weight excluding hydrogens is 173 g/mol. The molecule has 0 aromatic carbocycles. The minimum atomic E-state index is -2.51. The second-order valence-electron chi connectivity index (χ2n) is 2.21. The van der Waals surface area contributed by atoms with Gasteiger partial charge in [0.05, 0.1) is 11.3 Å². The molecule has 3 nitrogen and oxygen atoms in total. The van der Waals surface area contributed by atoms with E-state index in [0.717, 1.165) is 6.08 Å². The van der Waals surface area contributed by atoms with Gasteiger partial charge in [0.1, 0.15) is 0 Å². The standard InChI is InChI=1S/C6H5ClFNO2/c7-5-2-1-3-6(8,4-5)9(10)11/h1-2,4H,3H2.